The molecule has 0 radical (unpaired) electrons. The van der Waals surface area contributed by atoms with Crippen LogP contribution in [0, 0.1) is 0 Å². The van der Waals surface area contributed by atoms with Gasteiger partial charge in [-0.1, -0.05) is 15.9 Å². The van der Waals surface area contributed by atoms with Crippen LogP contribution in [-0.4, -0.2) is 25.2 Å². The number of fused-ring (bicyclic) bond motifs is 1. The minimum absolute atomic E-state index is 0.825. The van der Waals surface area contributed by atoms with Gasteiger partial charge in [0.25, 0.3) is 0 Å². The first-order valence-corrected chi connectivity index (χ1v) is 8.13. The molecule has 1 aliphatic heterocycles. The zero-order valence-electron chi connectivity index (χ0n) is 10.1. The van der Waals surface area contributed by atoms with E-state index in [1.807, 2.05) is 11.8 Å². The highest BCUT2D eigenvalue weighted by Crippen LogP contribution is 2.32. The SMILES string of the molecule is CSCCCNCc1cc(Br)cc2c1OCC2. The number of benzene rings is 1. The van der Waals surface area contributed by atoms with Crippen LogP contribution < -0.4 is 10.1 Å². The normalized spacial score (nSPS) is 13.5. The number of halogens is 1. The van der Waals surface area contributed by atoms with Crippen molar-refractivity contribution >= 4 is 27.7 Å². The summed E-state index contributed by atoms with van der Waals surface area (Å²) in [7, 11) is 0. The van der Waals surface area contributed by atoms with E-state index < -0.39 is 0 Å². The van der Waals surface area contributed by atoms with Crippen molar-refractivity contribution in [2.45, 2.75) is 19.4 Å². The third-order valence-corrected chi connectivity index (χ3v) is 4.00. The fourth-order valence-electron chi connectivity index (χ4n) is 2.04. The average Bonchev–Trinajstić information content (AvgIpc) is 2.76. The van der Waals surface area contributed by atoms with Crippen molar-refractivity contribution in [1.29, 1.82) is 0 Å². The van der Waals surface area contributed by atoms with Gasteiger partial charge in [0.15, 0.2) is 0 Å². The zero-order valence-corrected chi connectivity index (χ0v) is 12.5. The van der Waals surface area contributed by atoms with Crippen LogP contribution in [0.15, 0.2) is 16.6 Å². The molecule has 2 nitrogen and oxygen atoms in total. The molecule has 1 aromatic carbocycles. The Morgan fingerprint density at radius 2 is 2.35 bits per heavy atom. The minimum atomic E-state index is 0.825. The highest BCUT2D eigenvalue weighted by atomic mass is 79.9. The Labute approximate surface area is 116 Å². The van der Waals surface area contributed by atoms with Crippen LogP contribution in [0.4, 0.5) is 0 Å². The number of hydrogen-bond donors (Lipinski definition) is 1. The van der Waals surface area contributed by atoms with Crippen LogP contribution in [0.25, 0.3) is 0 Å². The molecule has 94 valence electrons. The largest absolute Gasteiger partial charge is 0.493 e. The Hall–Kier alpha value is -0.190. The number of thioether (sulfide) groups is 1. The summed E-state index contributed by atoms with van der Waals surface area (Å²) >= 11 is 5.46. The molecule has 0 aromatic heterocycles. The van der Waals surface area contributed by atoms with E-state index in [4.69, 9.17) is 4.74 Å². The van der Waals surface area contributed by atoms with Gasteiger partial charge >= 0.3 is 0 Å². The van der Waals surface area contributed by atoms with E-state index in [0.29, 0.717) is 0 Å². The lowest BCUT2D eigenvalue weighted by atomic mass is 10.1. The third-order valence-electron chi connectivity index (χ3n) is 2.84. The topological polar surface area (TPSA) is 21.3 Å². The summed E-state index contributed by atoms with van der Waals surface area (Å²) < 4.78 is 6.85. The smallest absolute Gasteiger partial charge is 0.127 e. The molecule has 1 N–H and O–H groups in total. The fraction of sp³-hybridized carbons (Fsp3) is 0.538. The maximum absolute atomic E-state index is 5.70. The van der Waals surface area contributed by atoms with Crippen molar-refractivity contribution in [3.8, 4) is 5.75 Å². The second kappa shape index (κ2) is 6.66. The van der Waals surface area contributed by atoms with Crippen LogP contribution in [-0.2, 0) is 13.0 Å². The van der Waals surface area contributed by atoms with Crippen molar-refractivity contribution < 1.29 is 4.74 Å². The molecule has 17 heavy (non-hydrogen) atoms. The maximum Gasteiger partial charge on any atom is 0.127 e. The molecule has 0 fully saturated rings. The van der Waals surface area contributed by atoms with Gasteiger partial charge in [-0.25, -0.2) is 0 Å². The molecule has 4 heteroatoms. The van der Waals surface area contributed by atoms with Crippen LogP contribution in [0.5, 0.6) is 5.75 Å². The molecule has 0 bridgehead atoms. The van der Waals surface area contributed by atoms with Crippen molar-refractivity contribution in [3.05, 3.63) is 27.7 Å². The van der Waals surface area contributed by atoms with Crippen molar-refractivity contribution in [2.75, 3.05) is 25.2 Å². The summed E-state index contributed by atoms with van der Waals surface area (Å²) in [5.41, 5.74) is 2.61. The van der Waals surface area contributed by atoms with E-state index >= 15 is 0 Å². The number of nitrogens with one attached hydrogen (secondary N) is 1. The predicted octanol–water partition coefficient (Wildman–Crippen LogP) is 3.23. The van der Waals surface area contributed by atoms with E-state index in [-0.39, 0.29) is 0 Å². The van der Waals surface area contributed by atoms with E-state index in [1.165, 1.54) is 23.3 Å². The molecular formula is C13H18BrNOS. The molecule has 0 unspecified atom stereocenters. The van der Waals surface area contributed by atoms with Crippen molar-refractivity contribution in [3.63, 3.8) is 0 Å². The van der Waals surface area contributed by atoms with Gasteiger partial charge in [0.1, 0.15) is 5.75 Å². The van der Waals surface area contributed by atoms with Crippen LogP contribution >= 0.6 is 27.7 Å². The Morgan fingerprint density at radius 1 is 1.47 bits per heavy atom. The van der Waals surface area contributed by atoms with Gasteiger partial charge in [0, 0.05) is 23.0 Å². The van der Waals surface area contributed by atoms with Gasteiger partial charge in [0.2, 0.25) is 0 Å². The maximum atomic E-state index is 5.70. The van der Waals surface area contributed by atoms with Gasteiger partial charge in [-0.15, -0.1) is 0 Å². The van der Waals surface area contributed by atoms with E-state index in [1.54, 1.807) is 0 Å². The molecule has 1 aromatic rings. The lowest BCUT2D eigenvalue weighted by Gasteiger charge is -2.10. The number of rotatable bonds is 6. The summed E-state index contributed by atoms with van der Waals surface area (Å²) in [4.78, 5) is 0. The highest BCUT2D eigenvalue weighted by Gasteiger charge is 2.16. The van der Waals surface area contributed by atoms with Crippen molar-refractivity contribution in [2.24, 2.45) is 0 Å². The third kappa shape index (κ3) is 3.63. The number of ether oxygens (including phenoxy) is 1. The van der Waals surface area contributed by atoms with E-state index in [2.05, 4.69) is 39.6 Å². The van der Waals surface area contributed by atoms with Gasteiger partial charge in [0.05, 0.1) is 6.61 Å². The molecule has 0 amide bonds. The first-order chi connectivity index (χ1) is 8.31. The lowest BCUT2D eigenvalue weighted by Crippen LogP contribution is -2.15. The summed E-state index contributed by atoms with van der Waals surface area (Å²) in [6, 6.07) is 4.32. The summed E-state index contributed by atoms with van der Waals surface area (Å²) in [5.74, 6) is 2.32. The molecule has 0 aliphatic carbocycles. The van der Waals surface area contributed by atoms with Crippen LogP contribution in [0.3, 0.4) is 0 Å². The van der Waals surface area contributed by atoms with Gasteiger partial charge in [-0.05, 0) is 42.7 Å². The van der Waals surface area contributed by atoms with Crippen molar-refractivity contribution in [1.82, 2.24) is 5.32 Å². The second-order valence-electron chi connectivity index (χ2n) is 4.17. The molecule has 2 rings (SSSR count). The Bertz CT molecular complexity index is 384. The molecule has 0 saturated heterocycles. The summed E-state index contributed by atoms with van der Waals surface area (Å²) in [5, 5.41) is 3.48. The Balaban J connectivity index is 1.92. The van der Waals surface area contributed by atoms with Gasteiger partial charge in [-0.2, -0.15) is 11.8 Å². The fourth-order valence-corrected chi connectivity index (χ4v) is 3.03. The number of hydrogen-bond acceptors (Lipinski definition) is 3. The molecule has 1 heterocycles. The molecule has 1 aliphatic rings. The molecule has 0 atom stereocenters. The monoisotopic (exact) mass is 315 g/mol. The highest BCUT2D eigenvalue weighted by molar-refractivity contribution is 9.10. The van der Waals surface area contributed by atoms with Gasteiger partial charge in [-0.3, -0.25) is 0 Å². The minimum Gasteiger partial charge on any atom is -0.493 e. The Kier molecular flexibility index (Phi) is 5.19. The van der Waals surface area contributed by atoms with E-state index in [9.17, 15) is 0 Å². The lowest BCUT2D eigenvalue weighted by molar-refractivity contribution is 0.352. The quantitative estimate of drug-likeness (QED) is 0.814. The average molecular weight is 316 g/mol. The summed E-state index contributed by atoms with van der Waals surface area (Å²) in [6.07, 6.45) is 4.40. The van der Waals surface area contributed by atoms with E-state index in [0.717, 1.165) is 36.3 Å². The standard InChI is InChI=1S/C13H18BrNOS/c1-17-6-2-4-15-9-11-8-12(14)7-10-3-5-16-13(10)11/h7-8,15H,2-6,9H2,1H3. The molecule has 0 saturated carbocycles. The molecular weight excluding hydrogens is 298 g/mol. The van der Waals surface area contributed by atoms with Gasteiger partial charge < -0.3 is 10.1 Å². The zero-order chi connectivity index (χ0) is 12.1. The summed E-state index contributed by atoms with van der Waals surface area (Å²) in [6.45, 7) is 2.80. The predicted molar refractivity (Wildman–Crippen MR) is 78.0 cm³/mol. The second-order valence-corrected chi connectivity index (χ2v) is 6.08. The first kappa shape index (κ1) is 13.2. The Morgan fingerprint density at radius 3 is 3.18 bits per heavy atom. The first-order valence-electron chi connectivity index (χ1n) is 5.95. The van der Waals surface area contributed by atoms with Crippen LogP contribution in [0.1, 0.15) is 17.5 Å². The van der Waals surface area contributed by atoms with Crippen LogP contribution in [0.2, 0.25) is 0 Å². The molecule has 0 spiro atoms.